The highest BCUT2D eigenvalue weighted by molar-refractivity contribution is 5.96. The molecule has 1 aliphatic carbocycles. The van der Waals surface area contributed by atoms with Crippen LogP contribution in [0.2, 0.25) is 0 Å². The molecule has 2 heterocycles. The van der Waals surface area contributed by atoms with E-state index in [1.54, 1.807) is 18.5 Å². The molecular formula is C29H38N6O3. The van der Waals surface area contributed by atoms with Gasteiger partial charge in [0.2, 0.25) is 0 Å². The topological polar surface area (TPSA) is 135 Å². The molecule has 0 spiro atoms. The van der Waals surface area contributed by atoms with Gasteiger partial charge >= 0.3 is 6.09 Å². The first-order valence-electron chi connectivity index (χ1n) is 13.3. The van der Waals surface area contributed by atoms with E-state index < -0.39 is 5.60 Å². The molecule has 38 heavy (non-hydrogen) atoms. The molecule has 1 aliphatic rings. The molecule has 9 heteroatoms. The summed E-state index contributed by atoms with van der Waals surface area (Å²) in [6.07, 6.45) is 7.13. The Kier molecular flexibility index (Phi) is 8.78. The average molecular weight is 519 g/mol. The molecule has 2 amide bonds. The molecule has 5 N–H and O–H groups in total. The molecule has 0 unspecified atom stereocenters. The van der Waals surface area contributed by atoms with Crippen LogP contribution in [0.15, 0.2) is 48.8 Å². The van der Waals surface area contributed by atoms with E-state index in [2.05, 4.69) is 20.8 Å². The van der Waals surface area contributed by atoms with Crippen molar-refractivity contribution < 1.29 is 14.3 Å². The summed E-state index contributed by atoms with van der Waals surface area (Å²) >= 11 is 0. The standard InChI is InChI=1S/C29H38N6O3/c1-29(2,3)38-28(37)32-16-20-9-7-19(8-10-20)15-31-27(36)23-12-25(22-6-4-5-21(11-22)14-30)35-26(13-23)24-17-33-34-18-24/h4-6,11-13,17-20H,7-10,14-16,30H2,1-3H3,(H,31,36)(H,32,37)(H,33,34). The van der Waals surface area contributed by atoms with Crippen LogP contribution >= 0.6 is 0 Å². The Bertz CT molecular complexity index is 1230. The summed E-state index contributed by atoms with van der Waals surface area (Å²) in [5.41, 5.74) is 10.0. The van der Waals surface area contributed by atoms with E-state index >= 15 is 0 Å². The van der Waals surface area contributed by atoms with E-state index in [-0.39, 0.29) is 12.0 Å². The Morgan fingerprint density at radius 3 is 2.26 bits per heavy atom. The Balaban J connectivity index is 1.36. The number of aromatic amines is 1. The molecular weight excluding hydrogens is 480 g/mol. The van der Waals surface area contributed by atoms with Gasteiger partial charge in [-0.1, -0.05) is 18.2 Å². The SMILES string of the molecule is CC(C)(C)OC(=O)NCC1CCC(CNC(=O)c2cc(-c3cn[nH]c3)nc(-c3cccc(CN)c3)c2)CC1. The van der Waals surface area contributed by atoms with Crippen molar-refractivity contribution in [3.63, 3.8) is 0 Å². The zero-order valence-electron chi connectivity index (χ0n) is 22.4. The number of hydrogen-bond donors (Lipinski definition) is 4. The van der Waals surface area contributed by atoms with Gasteiger partial charge in [0.15, 0.2) is 0 Å². The van der Waals surface area contributed by atoms with Crippen LogP contribution in [-0.2, 0) is 11.3 Å². The van der Waals surface area contributed by atoms with Gasteiger partial charge in [0, 0.05) is 42.5 Å². The van der Waals surface area contributed by atoms with Crippen molar-refractivity contribution in [2.24, 2.45) is 17.6 Å². The first-order chi connectivity index (χ1) is 18.2. The van der Waals surface area contributed by atoms with E-state index in [0.29, 0.717) is 48.4 Å². The third-order valence-electron chi connectivity index (χ3n) is 6.79. The monoisotopic (exact) mass is 518 g/mol. The minimum Gasteiger partial charge on any atom is -0.444 e. The highest BCUT2D eigenvalue weighted by Crippen LogP contribution is 2.29. The van der Waals surface area contributed by atoms with Crippen molar-refractivity contribution in [3.8, 4) is 22.5 Å². The Hall–Kier alpha value is -3.72. The van der Waals surface area contributed by atoms with Crippen molar-refractivity contribution in [2.75, 3.05) is 13.1 Å². The fraction of sp³-hybridized carbons (Fsp3) is 0.448. The van der Waals surface area contributed by atoms with Gasteiger partial charge in [0.25, 0.3) is 5.91 Å². The zero-order chi connectivity index (χ0) is 27.1. The number of amides is 2. The number of benzene rings is 1. The number of nitrogens with two attached hydrogens (primary N) is 1. The smallest absolute Gasteiger partial charge is 0.407 e. The molecule has 1 fully saturated rings. The van der Waals surface area contributed by atoms with Crippen molar-refractivity contribution in [1.82, 2.24) is 25.8 Å². The van der Waals surface area contributed by atoms with Crippen LogP contribution in [0.1, 0.15) is 62.4 Å². The van der Waals surface area contributed by atoms with Gasteiger partial charge in [-0.25, -0.2) is 9.78 Å². The first-order valence-corrected chi connectivity index (χ1v) is 13.3. The van der Waals surface area contributed by atoms with Crippen molar-refractivity contribution >= 4 is 12.0 Å². The molecule has 202 valence electrons. The van der Waals surface area contributed by atoms with E-state index in [1.807, 2.05) is 51.1 Å². The number of nitrogens with one attached hydrogen (secondary N) is 3. The van der Waals surface area contributed by atoms with Gasteiger partial charge in [-0.3, -0.25) is 9.89 Å². The lowest BCUT2D eigenvalue weighted by atomic mass is 9.82. The number of alkyl carbamates (subject to hydrolysis) is 1. The highest BCUT2D eigenvalue weighted by Gasteiger charge is 2.24. The minimum absolute atomic E-state index is 0.123. The second kappa shape index (κ2) is 12.2. The van der Waals surface area contributed by atoms with Crippen molar-refractivity contribution in [1.29, 1.82) is 0 Å². The molecule has 1 aromatic carbocycles. The van der Waals surface area contributed by atoms with E-state index in [1.165, 1.54) is 0 Å². The maximum absolute atomic E-state index is 13.2. The number of ether oxygens (including phenoxy) is 1. The van der Waals surface area contributed by atoms with Gasteiger partial charge in [0.05, 0.1) is 17.6 Å². The number of carbonyl (C=O) groups excluding carboxylic acids is 2. The van der Waals surface area contributed by atoms with Crippen LogP contribution in [0.25, 0.3) is 22.5 Å². The van der Waals surface area contributed by atoms with Crippen LogP contribution < -0.4 is 16.4 Å². The van der Waals surface area contributed by atoms with Crippen LogP contribution in [0, 0.1) is 11.8 Å². The molecule has 2 aromatic heterocycles. The molecule has 0 radical (unpaired) electrons. The summed E-state index contributed by atoms with van der Waals surface area (Å²) in [6, 6.07) is 11.5. The van der Waals surface area contributed by atoms with E-state index in [4.69, 9.17) is 15.5 Å². The summed E-state index contributed by atoms with van der Waals surface area (Å²) < 4.78 is 5.32. The third-order valence-corrected chi connectivity index (χ3v) is 6.79. The van der Waals surface area contributed by atoms with Gasteiger partial charge in [0.1, 0.15) is 5.60 Å². The molecule has 3 aromatic rings. The van der Waals surface area contributed by atoms with E-state index in [9.17, 15) is 9.59 Å². The molecule has 0 saturated heterocycles. The number of aromatic nitrogens is 3. The Morgan fingerprint density at radius 2 is 1.66 bits per heavy atom. The number of nitrogens with zero attached hydrogens (tertiary/aromatic N) is 2. The molecule has 9 nitrogen and oxygen atoms in total. The van der Waals surface area contributed by atoms with Gasteiger partial charge in [-0.2, -0.15) is 5.10 Å². The average Bonchev–Trinajstić information content (AvgIpc) is 3.45. The molecule has 4 rings (SSSR count). The summed E-state index contributed by atoms with van der Waals surface area (Å²) in [5.74, 6) is 0.716. The number of carbonyl (C=O) groups is 2. The second-order valence-corrected chi connectivity index (χ2v) is 11.0. The van der Waals surface area contributed by atoms with E-state index in [0.717, 1.165) is 42.4 Å². The van der Waals surface area contributed by atoms with Gasteiger partial charge in [-0.15, -0.1) is 0 Å². The summed E-state index contributed by atoms with van der Waals surface area (Å²) in [5, 5.41) is 12.9. The lowest BCUT2D eigenvalue weighted by Gasteiger charge is -2.29. The normalized spacial score (nSPS) is 17.6. The fourth-order valence-corrected chi connectivity index (χ4v) is 4.73. The Labute approximate surface area is 224 Å². The summed E-state index contributed by atoms with van der Waals surface area (Å²) in [4.78, 5) is 29.9. The predicted molar refractivity (Wildman–Crippen MR) is 147 cm³/mol. The Morgan fingerprint density at radius 1 is 1.00 bits per heavy atom. The quantitative estimate of drug-likeness (QED) is 0.343. The highest BCUT2D eigenvalue weighted by atomic mass is 16.6. The minimum atomic E-state index is -0.497. The fourth-order valence-electron chi connectivity index (χ4n) is 4.73. The molecule has 1 saturated carbocycles. The molecule has 0 aliphatic heterocycles. The lowest BCUT2D eigenvalue weighted by Crippen LogP contribution is -2.37. The van der Waals surface area contributed by atoms with Crippen LogP contribution in [0.4, 0.5) is 4.79 Å². The van der Waals surface area contributed by atoms with Crippen molar-refractivity contribution in [3.05, 3.63) is 59.9 Å². The number of hydrogen-bond acceptors (Lipinski definition) is 6. The van der Waals surface area contributed by atoms with Crippen LogP contribution in [0.5, 0.6) is 0 Å². The van der Waals surface area contributed by atoms with Crippen molar-refractivity contribution in [2.45, 2.75) is 58.6 Å². The molecule has 0 bridgehead atoms. The number of rotatable bonds is 8. The summed E-state index contributed by atoms with van der Waals surface area (Å²) in [7, 11) is 0. The zero-order valence-corrected chi connectivity index (χ0v) is 22.4. The number of H-pyrrole nitrogens is 1. The lowest BCUT2D eigenvalue weighted by molar-refractivity contribution is 0.0512. The van der Waals surface area contributed by atoms with Gasteiger partial charge < -0.3 is 21.1 Å². The maximum Gasteiger partial charge on any atom is 0.407 e. The predicted octanol–water partition coefficient (Wildman–Crippen LogP) is 4.66. The maximum atomic E-state index is 13.2. The van der Waals surface area contributed by atoms with Crippen LogP contribution in [0.3, 0.4) is 0 Å². The second-order valence-electron chi connectivity index (χ2n) is 11.0. The number of pyridine rings is 1. The van der Waals surface area contributed by atoms with Gasteiger partial charge in [-0.05, 0) is 82.1 Å². The third kappa shape index (κ3) is 7.64. The summed E-state index contributed by atoms with van der Waals surface area (Å²) in [6.45, 7) is 7.24. The first kappa shape index (κ1) is 27.3. The largest absolute Gasteiger partial charge is 0.444 e. The molecule has 0 atom stereocenters. The van der Waals surface area contributed by atoms with Crippen LogP contribution in [-0.4, -0.2) is 45.9 Å².